The summed E-state index contributed by atoms with van der Waals surface area (Å²) in [5.74, 6) is 5.87. The molecule has 0 aliphatic heterocycles. The van der Waals surface area contributed by atoms with Crippen molar-refractivity contribution < 1.29 is 4.79 Å². The van der Waals surface area contributed by atoms with Crippen LogP contribution in [0.2, 0.25) is 0 Å². The maximum Gasteiger partial charge on any atom is 0.224 e. The molecule has 1 aromatic rings. The van der Waals surface area contributed by atoms with Gasteiger partial charge in [0.25, 0.3) is 0 Å². The zero-order valence-corrected chi connectivity index (χ0v) is 10.2. The van der Waals surface area contributed by atoms with E-state index >= 15 is 0 Å². The minimum Gasteiger partial charge on any atom is -0.359 e. The molecule has 0 fully saturated rings. The highest BCUT2D eigenvalue weighted by Gasteiger charge is 1.99. The van der Waals surface area contributed by atoms with E-state index in [-0.39, 0.29) is 5.91 Å². The van der Waals surface area contributed by atoms with Crippen molar-refractivity contribution in [3.05, 3.63) is 45.8 Å². The first-order valence-corrected chi connectivity index (χ1v) is 5.55. The largest absolute Gasteiger partial charge is 0.359 e. The molecule has 5 nitrogen and oxygen atoms in total. The number of hydrogen-bond donors (Lipinski definition) is 1. The maximum absolute atomic E-state index is 11.2. The Morgan fingerprint density at radius 2 is 2.17 bits per heavy atom. The number of amides is 1. The molecule has 0 spiro atoms. The van der Waals surface area contributed by atoms with E-state index in [4.69, 9.17) is 5.53 Å². The van der Waals surface area contributed by atoms with Crippen LogP contribution in [0.5, 0.6) is 0 Å². The molecule has 0 radical (unpaired) electrons. The Morgan fingerprint density at radius 1 is 1.44 bits per heavy atom. The van der Waals surface area contributed by atoms with Crippen molar-refractivity contribution in [3.63, 3.8) is 0 Å². The van der Waals surface area contributed by atoms with E-state index < -0.39 is 0 Å². The molecule has 0 atom stereocenters. The molecule has 0 aliphatic rings. The summed E-state index contributed by atoms with van der Waals surface area (Å²) >= 11 is 0. The molecule has 0 aromatic heterocycles. The molecule has 0 unspecified atom stereocenters. The van der Waals surface area contributed by atoms with Crippen LogP contribution in [0.15, 0.2) is 29.4 Å². The average molecular weight is 242 g/mol. The lowest BCUT2D eigenvalue weighted by Crippen LogP contribution is -2.19. The van der Waals surface area contributed by atoms with Crippen molar-refractivity contribution in [3.8, 4) is 11.8 Å². The zero-order valence-electron chi connectivity index (χ0n) is 10.2. The topological polar surface area (TPSA) is 77.9 Å². The Balaban J connectivity index is 2.54. The normalized spacial score (nSPS) is 8.72. The molecule has 92 valence electrons. The van der Waals surface area contributed by atoms with Gasteiger partial charge in [0, 0.05) is 30.5 Å². The van der Waals surface area contributed by atoms with E-state index in [2.05, 4.69) is 27.2 Å². The van der Waals surface area contributed by atoms with Crippen LogP contribution in [0.25, 0.3) is 10.4 Å². The van der Waals surface area contributed by atoms with E-state index in [1.807, 2.05) is 24.3 Å². The van der Waals surface area contributed by atoms with Gasteiger partial charge in [0.2, 0.25) is 5.91 Å². The Kier molecular flexibility index (Phi) is 5.88. The highest BCUT2D eigenvalue weighted by molar-refractivity contribution is 5.78. The quantitative estimate of drug-likeness (QED) is 0.283. The standard InChI is InChI=1S/C13H14N4O/c1-15-13(18)10-12-7-5-11(6-8-12)4-2-3-9-16-17-14/h5-8H,3,9-10H2,1H3,(H,15,18). The maximum atomic E-state index is 11.2. The van der Waals surface area contributed by atoms with Gasteiger partial charge in [0.05, 0.1) is 6.42 Å². The number of rotatable bonds is 4. The van der Waals surface area contributed by atoms with Crippen LogP contribution in [0.1, 0.15) is 17.5 Å². The molecule has 0 saturated carbocycles. The van der Waals surface area contributed by atoms with Gasteiger partial charge in [-0.25, -0.2) is 0 Å². The predicted molar refractivity (Wildman–Crippen MR) is 69.7 cm³/mol. The fourth-order valence-electron chi connectivity index (χ4n) is 1.29. The molecule has 1 rings (SSSR count). The van der Waals surface area contributed by atoms with Gasteiger partial charge in [0.1, 0.15) is 0 Å². The van der Waals surface area contributed by atoms with E-state index in [0.29, 0.717) is 19.4 Å². The highest BCUT2D eigenvalue weighted by atomic mass is 16.1. The third kappa shape index (κ3) is 5.06. The third-order valence-electron chi connectivity index (χ3n) is 2.23. The van der Waals surface area contributed by atoms with E-state index in [0.717, 1.165) is 11.1 Å². The van der Waals surface area contributed by atoms with E-state index in [1.165, 1.54) is 0 Å². The molecular weight excluding hydrogens is 228 g/mol. The first-order valence-electron chi connectivity index (χ1n) is 5.55. The predicted octanol–water partition coefficient (Wildman–Crippen LogP) is 2.03. The van der Waals surface area contributed by atoms with Crippen molar-refractivity contribution in [1.82, 2.24) is 5.32 Å². The zero-order chi connectivity index (χ0) is 13.2. The molecule has 0 aliphatic carbocycles. The van der Waals surface area contributed by atoms with Crippen LogP contribution in [0.3, 0.4) is 0 Å². The van der Waals surface area contributed by atoms with Crippen LogP contribution in [-0.4, -0.2) is 19.5 Å². The van der Waals surface area contributed by atoms with Gasteiger partial charge < -0.3 is 5.32 Å². The minimum absolute atomic E-state index is 0.0109. The minimum atomic E-state index is -0.0109. The summed E-state index contributed by atoms with van der Waals surface area (Å²) < 4.78 is 0. The van der Waals surface area contributed by atoms with E-state index in [9.17, 15) is 4.79 Å². The van der Waals surface area contributed by atoms with Crippen molar-refractivity contribution in [2.24, 2.45) is 5.11 Å². The number of nitrogens with one attached hydrogen (secondary N) is 1. The molecule has 0 saturated heterocycles. The Hall–Kier alpha value is -2.44. The molecule has 1 aromatic carbocycles. The van der Waals surface area contributed by atoms with Gasteiger partial charge in [0.15, 0.2) is 0 Å². The summed E-state index contributed by atoms with van der Waals surface area (Å²) in [6.45, 7) is 0.387. The monoisotopic (exact) mass is 242 g/mol. The summed E-state index contributed by atoms with van der Waals surface area (Å²) in [7, 11) is 1.62. The molecule has 1 amide bonds. The van der Waals surface area contributed by atoms with Crippen LogP contribution in [0, 0.1) is 11.8 Å². The molecule has 0 heterocycles. The fourth-order valence-corrected chi connectivity index (χ4v) is 1.29. The summed E-state index contributed by atoms with van der Waals surface area (Å²) in [5.41, 5.74) is 9.92. The number of benzene rings is 1. The summed E-state index contributed by atoms with van der Waals surface area (Å²) in [6, 6.07) is 7.51. The second-order valence-corrected chi connectivity index (χ2v) is 3.55. The van der Waals surface area contributed by atoms with Crippen molar-refractivity contribution >= 4 is 5.91 Å². The molecular formula is C13H14N4O. The number of azide groups is 1. The fraction of sp³-hybridized carbons (Fsp3) is 0.308. The molecule has 1 N–H and O–H groups in total. The summed E-state index contributed by atoms with van der Waals surface area (Å²) in [6.07, 6.45) is 0.922. The number of hydrogen-bond acceptors (Lipinski definition) is 2. The lowest BCUT2D eigenvalue weighted by molar-refractivity contribution is -0.119. The molecule has 0 bridgehead atoms. The lowest BCUT2D eigenvalue weighted by Gasteiger charge is -2.00. The van der Waals surface area contributed by atoms with Crippen LogP contribution in [0.4, 0.5) is 0 Å². The van der Waals surface area contributed by atoms with Gasteiger partial charge in [-0.1, -0.05) is 29.1 Å². The van der Waals surface area contributed by atoms with Crippen LogP contribution in [-0.2, 0) is 11.2 Å². The molecule has 5 heteroatoms. The van der Waals surface area contributed by atoms with Gasteiger partial charge in [-0.3, -0.25) is 4.79 Å². The van der Waals surface area contributed by atoms with Gasteiger partial charge >= 0.3 is 0 Å². The Bertz CT molecular complexity index is 504. The van der Waals surface area contributed by atoms with Gasteiger partial charge in [-0.2, -0.15) is 0 Å². The van der Waals surface area contributed by atoms with Crippen molar-refractivity contribution in [2.45, 2.75) is 12.8 Å². The van der Waals surface area contributed by atoms with Crippen LogP contribution < -0.4 is 5.32 Å². The number of carbonyl (C=O) groups excluding carboxylic acids is 1. The summed E-state index contributed by atoms with van der Waals surface area (Å²) in [4.78, 5) is 13.8. The third-order valence-corrected chi connectivity index (χ3v) is 2.23. The number of carbonyl (C=O) groups is 1. The first kappa shape index (κ1) is 13.6. The average Bonchev–Trinajstić information content (AvgIpc) is 2.40. The molecule has 18 heavy (non-hydrogen) atoms. The smallest absolute Gasteiger partial charge is 0.224 e. The van der Waals surface area contributed by atoms with E-state index in [1.54, 1.807) is 7.05 Å². The van der Waals surface area contributed by atoms with Gasteiger partial charge in [-0.15, -0.1) is 0 Å². The Morgan fingerprint density at radius 3 is 2.78 bits per heavy atom. The van der Waals surface area contributed by atoms with Crippen molar-refractivity contribution in [1.29, 1.82) is 0 Å². The Labute approximate surface area is 106 Å². The van der Waals surface area contributed by atoms with Crippen LogP contribution >= 0.6 is 0 Å². The van der Waals surface area contributed by atoms with Crippen molar-refractivity contribution in [2.75, 3.05) is 13.6 Å². The number of nitrogens with zero attached hydrogens (tertiary/aromatic N) is 3. The number of likely N-dealkylation sites (N-methyl/N-ethyl adjacent to an activating group) is 1. The van der Waals surface area contributed by atoms with Gasteiger partial charge in [-0.05, 0) is 23.2 Å². The lowest BCUT2D eigenvalue weighted by atomic mass is 10.1. The second kappa shape index (κ2) is 7.77. The second-order valence-electron chi connectivity index (χ2n) is 3.55. The SMILES string of the molecule is CNC(=O)Cc1ccc(C#CCCN=[N+]=[N-])cc1. The first-order chi connectivity index (χ1) is 8.76. The summed E-state index contributed by atoms with van der Waals surface area (Å²) in [5, 5.41) is 5.97. The highest BCUT2D eigenvalue weighted by Crippen LogP contribution is 2.04.